The van der Waals surface area contributed by atoms with Crippen LogP contribution in [0.15, 0.2) is 0 Å². The average Bonchev–Trinajstić information content (AvgIpc) is 2.10. The molecule has 0 aliphatic heterocycles. The van der Waals surface area contributed by atoms with Crippen molar-refractivity contribution in [1.82, 2.24) is 4.90 Å². The Morgan fingerprint density at radius 2 is 1.92 bits per heavy atom. The Kier molecular flexibility index (Phi) is 7.39. The second-order valence-electron chi connectivity index (χ2n) is 3.21. The minimum absolute atomic E-state index is 0.150. The quantitative estimate of drug-likeness (QED) is 0.355. The number of ether oxygens (including phenoxy) is 1. The number of methoxy groups -OCH3 is 1. The van der Waals surface area contributed by atoms with Gasteiger partial charge in [-0.1, -0.05) is 12.8 Å². The van der Waals surface area contributed by atoms with Gasteiger partial charge in [0.05, 0.1) is 0 Å². The van der Waals surface area contributed by atoms with Gasteiger partial charge in [-0.2, -0.15) is 0 Å². The van der Waals surface area contributed by atoms with E-state index in [4.69, 9.17) is 15.9 Å². The van der Waals surface area contributed by atoms with Crippen molar-refractivity contribution < 1.29 is 4.74 Å². The van der Waals surface area contributed by atoms with Crippen molar-refractivity contribution in [2.75, 3.05) is 27.3 Å². The van der Waals surface area contributed by atoms with Crippen LogP contribution in [0.25, 0.3) is 0 Å². The minimum atomic E-state index is 0.150. The minimum Gasteiger partial charge on any atom is -0.385 e. The summed E-state index contributed by atoms with van der Waals surface area (Å²) in [5.41, 5.74) is 5.29. The summed E-state index contributed by atoms with van der Waals surface area (Å²) >= 11 is 0. The molecule has 0 atom stereocenters. The van der Waals surface area contributed by atoms with Gasteiger partial charge in [0, 0.05) is 27.3 Å². The lowest BCUT2D eigenvalue weighted by Crippen LogP contribution is -2.33. The molecule has 4 heteroatoms. The van der Waals surface area contributed by atoms with Crippen LogP contribution in [0.3, 0.4) is 0 Å². The monoisotopic (exact) mass is 187 g/mol. The number of nitrogens with one attached hydrogen (secondary N) is 1. The maximum Gasteiger partial charge on any atom is 0.188 e. The molecule has 0 bridgehead atoms. The third-order valence-corrected chi connectivity index (χ3v) is 2.00. The molecule has 13 heavy (non-hydrogen) atoms. The second-order valence-corrected chi connectivity index (χ2v) is 3.21. The fourth-order valence-corrected chi connectivity index (χ4v) is 1.07. The van der Waals surface area contributed by atoms with Gasteiger partial charge in [-0.05, 0) is 12.8 Å². The summed E-state index contributed by atoms with van der Waals surface area (Å²) in [5, 5.41) is 7.13. The number of nitrogens with two attached hydrogens (primary N) is 1. The van der Waals surface area contributed by atoms with Gasteiger partial charge >= 0.3 is 0 Å². The first-order valence-corrected chi connectivity index (χ1v) is 4.72. The summed E-state index contributed by atoms with van der Waals surface area (Å²) in [5.74, 6) is 0.150. The van der Waals surface area contributed by atoms with Gasteiger partial charge < -0.3 is 15.4 Å². The van der Waals surface area contributed by atoms with E-state index in [1.165, 1.54) is 12.8 Å². The van der Waals surface area contributed by atoms with Gasteiger partial charge in [-0.25, -0.2) is 0 Å². The Morgan fingerprint density at radius 1 is 1.31 bits per heavy atom. The summed E-state index contributed by atoms with van der Waals surface area (Å²) in [6.07, 6.45) is 4.60. The van der Waals surface area contributed by atoms with Crippen molar-refractivity contribution in [1.29, 1.82) is 5.41 Å². The van der Waals surface area contributed by atoms with E-state index in [1.807, 2.05) is 7.05 Å². The highest BCUT2D eigenvalue weighted by Gasteiger charge is 1.97. The highest BCUT2D eigenvalue weighted by Crippen LogP contribution is 2.00. The number of unbranched alkanes of at least 4 members (excludes halogenated alkanes) is 3. The van der Waals surface area contributed by atoms with Crippen LogP contribution in [0.2, 0.25) is 0 Å². The first-order valence-electron chi connectivity index (χ1n) is 4.72. The Morgan fingerprint density at radius 3 is 2.46 bits per heavy atom. The number of nitrogens with zero attached hydrogens (tertiary/aromatic N) is 1. The zero-order valence-electron chi connectivity index (χ0n) is 8.68. The van der Waals surface area contributed by atoms with E-state index in [-0.39, 0.29) is 5.96 Å². The predicted molar refractivity (Wildman–Crippen MR) is 54.9 cm³/mol. The molecule has 0 spiro atoms. The van der Waals surface area contributed by atoms with Gasteiger partial charge in [0.15, 0.2) is 5.96 Å². The van der Waals surface area contributed by atoms with Crippen LogP contribution in [0.4, 0.5) is 0 Å². The molecule has 0 aliphatic carbocycles. The van der Waals surface area contributed by atoms with Crippen LogP contribution in [0.5, 0.6) is 0 Å². The molecule has 0 heterocycles. The van der Waals surface area contributed by atoms with Crippen molar-refractivity contribution >= 4 is 5.96 Å². The first kappa shape index (κ1) is 12.2. The Hall–Kier alpha value is -0.770. The van der Waals surface area contributed by atoms with Crippen LogP contribution in [-0.2, 0) is 4.74 Å². The zero-order chi connectivity index (χ0) is 10.1. The Balaban J connectivity index is 3.11. The van der Waals surface area contributed by atoms with E-state index in [0.717, 1.165) is 26.0 Å². The number of rotatable bonds is 7. The third kappa shape index (κ3) is 7.59. The normalized spacial score (nSPS) is 10.0. The number of hydrogen-bond donors (Lipinski definition) is 2. The molecule has 0 unspecified atom stereocenters. The molecule has 0 aliphatic rings. The molecular weight excluding hydrogens is 166 g/mol. The summed E-state index contributed by atoms with van der Waals surface area (Å²) in [6, 6.07) is 0. The number of hydrogen-bond acceptors (Lipinski definition) is 2. The standard InChI is InChI=1S/C9H21N3O/c1-12(9(10)11)7-5-3-4-6-8-13-2/h3-8H2,1-2H3,(H3,10,11). The highest BCUT2D eigenvalue weighted by atomic mass is 16.5. The molecule has 4 nitrogen and oxygen atoms in total. The molecule has 0 rings (SSSR count). The SMILES string of the molecule is COCCCCCCN(C)C(=N)N. The van der Waals surface area contributed by atoms with Crippen molar-refractivity contribution in [2.24, 2.45) is 5.73 Å². The third-order valence-electron chi connectivity index (χ3n) is 2.00. The van der Waals surface area contributed by atoms with Crippen molar-refractivity contribution in [3.63, 3.8) is 0 Å². The van der Waals surface area contributed by atoms with E-state index in [1.54, 1.807) is 12.0 Å². The largest absolute Gasteiger partial charge is 0.385 e. The lowest BCUT2D eigenvalue weighted by atomic mass is 10.2. The molecule has 3 N–H and O–H groups in total. The maximum atomic E-state index is 7.13. The zero-order valence-corrected chi connectivity index (χ0v) is 8.68. The van der Waals surface area contributed by atoms with Crippen LogP contribution >= 0.6 is 0 Å². The van der Waals surface area contributed by atoms with Gasteiger partial charge in [-0.15, -0.1) is 0 Å². The molecule has 0 radical (unpaired) electrons. The van der Waals surface area contributed by atoms with Gasteiger partial charge in [0.2, 0.25) is 0 Å². The van der Waals surface area contributed by atoms with Crippen molar-refractivity contribution in [2.45, 2.75) is 25.7 Å². The summed E-state index contributed by atoms with van der Waals surface area (Å²) in [6.45, 7) is 1.73. The van der Waals surface area contributed by atoms with Crippen LogP contribution in [0.1, 0.15) is 25.7 Å². The molecule has 0 fully saturated rings. The molecule has 0 aromatic carbocycles. The van der Waals surface area contributed by atoms with Crippen LogP contribution < -0.4 is 5.73 Å². The van der Waals surface area contributed by atoms with E-state index in [0.29, 0.717) is 0 Å². The van der Waals surface area contributed by atoms with E-state index < -0.39 is 0 Å². The average molecular weight is 187 g/mol. The lowest BCUT2D eigenvalue weighted by molar-refractivity contribution is 0.191. The Labute approximate surface area is 80.6 Å². The van der Waals surface area contributed by atoms with Gasteiger partial charge in [0.25, 0.3) is 0 Å². The lowest BCUT2D eigenvalue weighted by Gasteiger charge is -2.15. The van der Waals surface area contributed by atoms with Crippen molar-refractivity contribution in [3.05, 3.63) is 0 Å². The molecule has 0 aromatic heterocycles. The van der Waals surface area contributed by atoms with E-state index in [2.05, 4.69) is 0 Å². The van der Waals surface area contributed by atoms with Crippen molar-refractivity contribution in [3.8, 4) is 0 Å². The molecule has 0 saturated heterocycles. The fraction of sp³-hybridized carbons (Fsp3) is 0.889. The summed E-state index contributed by atoms with van der Waals surface area (Å²) in [7, 11) is 3.57. The van der Waals surface area contributed by atoms with Gasteiger partial charge in [-0.3, -0.25) is 5.41 Å². The van der Waals surface area contributed by atoms with Crippen LogP contribution in [-0.4, -0.2) is 38.2 Å². The summed E-state index contributed by atoms with van der Waals surface area (Å²) in [4.78, 5) is 1.76. The van der Waals surface area contributed by atoms with Gasteiger partial charge in [0.1, 0.15) is 0 Å². The first-order chi connectivity index (χ1) is 6.18. The summed E-state index contributed by atoms with van der Waals surface area (Å²) < 4.78 is 4.94. The molecule has 78 valence electrons. The van der Waals surface area contributed by atoms with Crippen LogP contribution in [0, 0.1) is 5.41 Å². The van der Waals surface area contributed by atoms with E-state index >= 15 is 0 Å². The smallest absolute Gasteiger partial charge is 0.188 e. The molecular formula is C9H21N3O. The fourth-order valence-electron chi connectivity index (χ4n) is 1.07. The Bertz CT molecular complexity index is 139. The van der Waals surface area contributed by atoms with E-state index in [9.17, 15) is 0 Å². The molecule has 0 amide bonds. The maximum absolute atomic E-state index is 7.13. The highest BCUT2D eigenvalue weighted by molar-refractivity contribution is 5.74. The number of guanidine groups is 1. The molecule has 0 saturated carbocycles. The second kappa shape index (κ2) is 7.86. The molecule has 0 aromatic rings. The predicted octanol–water partition coefficient (Wildman–Crippen LogP) is 1.02. The topological polar surface area (TPSA) is 62.3 Å².